The lowest BCUT2D eigenvalue weighted by atomic mass is 9.77. The fourth-order valence-corrected chi connectivity index (χ4v) is 4.40. The molecule has 0 spiro atoms. The van der Waals surface area contributed by atoms with E-state index in [1.807, 2.05) is 0 Å². The van der Waals surface area contributed by atoms with Crippen LogP contribution in [0.4, 0.5) is 13.9 Å². The largest absolute Gasteiger partial charge is 0.537 e. The van der Waals surface area contributed by atoms with Crippen molar-refractivity contribution in [1.82, 2.24) is 10.2 Å². The van der Waals surface area contributed by atoms with Gasteiger partial charge in [-0.05, 0) is 30.0 Å². The summed E-state index contributed by atoms with van der Waals surface area (Å²) in [6.45, 7) is 5.55. The minimum Gasteiger partial charge on any atom is -0.535 e. The molecule has 0 saturated carbocycles. The van der Waals surface area contributed by atoms with E-state index < -0.39 is 23.9 Å². The van der Waals surface area contributed by atoms with Crippen LogP contribution < -0.4 is 10.4 Å². The highest BCUT2D eigenvalue weighted by atomic mass is 32.2. The SMILES string of the molecule is C=C(CC)c1c(F)c(F)cc2c1OB(O)[C@@H](Sc1nnc(N)s1)C2. The van der Waals surface area contributed by atoms with Crippen molar-refractivity contribution in [2.45, 2.75) is 29.3 Å². The number of benzene rings is 1. The second-order valence-electron chi connectivity index (χ2n) is 5.27. The van der Waals surface area contributed by atoms with Gasteiger partial charge in [-0.3, -0.25) is 0 Å². The van der Waals surface area contributed by atoms with Crippen LogP contribution in [0.3, 0.4) is 0 Å². The molecule has 2 aromatic rings. The number of halogens is 2. The van der Waals surface area contributed by atoms with Gasteiger partial charge in [-0.15, -0.1) is 10.2 Å². The van der Waals surface area contributed by atoms with E-state index in [1.165, 1.54) is 23.1 Å². The Morgan fingerprint density at radius 3 is 2.96 bits per heavy atom. The van der Waals surface area contributed by atoms with Gasteiger partial charge in [0.2, 0.25) is 5.13 Å². The molecule has 0 saturated heterocycles. The molecule has 3 rings (SSSR count). The van der Waals surface area contributed by atoms with Gasteiger partial charge in [0.1, 0.15) is 5.75 Å². The first-order chi connectivity index (χ1) is 11.4. The Balaban J connectivity index is 1.95. The van der Waals surface area contributed by atoms with Crippen LogP contribution in [0.15, 0.2) is 17.0 Å². The molecular weight excluding hydrogens is 355 g/mol. The number of allylic oxidation sites excluding steroid dienone is 1. The van der Waals surface area contributed by atoms with Gasteiger partial charge in [-0.2, -0.15) is 0 Å². The third-order valence-corrected chi connectivity index (χ3v) is 5.75. The predicted molar refractivity (Wildman–Crippen MR) is 92.0 cm³/mol. The Morgan fingerprint density at radius 2 is 2.33 bits per heavy atom. The van der Waals surface area contributed by atoms with Gasteiger partial charge < -0.3 is 15.4 Å². The molecule has 5 nitrogen and oxygen atoms in total. The summed E-state index contributed by atoms with van der Waals surface area (Å²) < 4.78 is 34.2. The average molecular weight is 369 g/mol. The Labute approximate surface area is 146 Å². The zero-order valence-electron chi connectivity index (χ0n) is 12.8. The van der Waals surface area contributed by atoms with Crippen LogP contribution in [0.5, 0.6) is 5.75 Å². The molecule has 1 atom stereocenters. The molecule has 1 aliphatic heterocycles. The van der Waals surface area contributed by atoms with E-state index in [0.29, 0.717) is 33.4 Å². The summed E-state index contributed by atoms with van der Waals surface area (Å²) in [6.07, 6.45) is 0.732. The fourth-order valence-electron chi connectivity index (χ4n) is 2.45. The molecule has 1 aliphatic rings. The topological polar surface area (TPSA) is 81.3 Å². The molecule has 0 radical (unpaired) electrons. The summed E-state index contributed by atoms with van der Waals surface area (Å²) in [5, 5.41) is 17.7. The van der Waals surface area contributed by atoms with Crippen molar-refractivity contribution in [3.8, 4) is 5.75 Å². The normalized spacial score (nSPS) is 16.7. The molecular formula is C14H14BF2N3O2S2. The maximum absolute atomic E-state index is 14.2. The summed E-state index contributed by atoms with van der Waals surface area (Å²) in [6, 6.07) is 1.10. The monoisotopic (exact) mass is 369 g/mol. The van der Waals surface area contributed by atoms with E-state index in [-0.39, 0.29) is 11.3 Å². The van der Waals surface area contributed by atoms with Crippen LogP contribution in [0.2, 0.25) is 0 Å². The van der Waals surface area contributed by atoms with Gasteiger partial charge >= 0.3 is 7.12 Å². The maximum Gasteiger partial charge on any atom is 0.537 e. The molecule has 1 aromatic heterocycles. The fraction of sp³-hybridized carbons (Fsp3) is 0.286. The van der Waals surface area contributed by atoms with Gasteiger partial charge in [-0.1, -0.05) is 36.6 Å². The third-order valence-electron chi connectivity index (χ3n) is 3.68. The summed E-state index contributed by atoms with van der Waals surface area (Å²) in [5.74, 6) is -1.81. The van der Waals surface area contributed by atoms with Crippen LogP contribution in [-0.2, 0) is 6.42 Å². The van der Waals surface area contributed by atoms with Crippen molar-refractivity contribution in [2.75, 3.05) is 5.73 Å². The molecule has 3 N–H and O–H groups in total. The Kier molecular flexibility index (Phi) is 4.79. The molecule has 0 aliphatic carbocycles. The minimum absolute atomic E-state index is 0.00448. The van der Waals surface area contributed by atoms with E-state index in [2.05, 4.69) is 16.8 Å². The lowest BCUT2D eigenvalue weighted by Gasteiger charge is -2.28. The van der Waals surface area contributed by atoms with Crippen molar-refractivity contribution in [2.24, 2.45) is 0 Å². The highest BCUT2D eigenvalue weighted by Gasteiger charge is 2.39. The first-order valence-electron chi connectivity index (χ1n) is 7.20. The number of hydrogen-bond acceptors (Lipinski definition) is 7. The zero-order chi connectivity index (χ0) is 17.4. The van der Waals surface area contributed by atoms with Crippen molar-refractivity contribution in [3.05, 3.63) is 35.4 Å². The second-order valence-corrected chi connectivity index (χ2v) is 7.76. The van der Waals surface area contributed by atoms with Gasteiger partial charge in [0, 0.05) is 0 Å². The Hall–Kier alpha value is -1.65. The quantitative estimate of drug-likeness (QED) is 0.807. The second kappa shape index (κ2) is 6.69. The number of nitrogens with two attached hydrogens (primary N) is 1. The summed E-state index contributed by atoms with van der Waals surface area (Å²) >= 11 is 2.42. The van der Waals surface area contributed by atoms with Crippen molar-refractivity contribution in [3.63, 3.8) is 0 Å². The minimum atomic E-state index is -1.19. The number of nitrogens with zero attached hydrogens (tertiary/aromatic N) is 2. The van der Waals surface area contributed by atoms with Crippen molar-refractivity contribution in [1.29, 1.82) is 0 Å². The number of fused-ring (bicyclic) bond motifs is 1. The van der Waals surface area contributed by atoms with E-state index in [1.54, 1.807) is 6.92 Å². The van der Waals surface area contributed by atoms with E-state index in [0.717, 1.165) is 6.07 Å². The van der Waals surface area contributed by atoms with Gasteiger partial charge in [0.15, 0.2) is 16.0 Å². The van der Waals surface area contributed by atoms with Gasteiger partial charge in [0.25, 0.3) is 0 Å². The maximum atomic E-state index is 14.2. The number of thioether (sulfide) groups is 1. The highest BCUT2D eigenvalue weighted by molar-refractivity contribution is 8.02. The summed E-state index contributed by atoms with van der Waals surface area (Å²) in [5.41, 5.74) is 6.43. The first kappa shape index (κ1) is 17.2. The number of aromatic nitrogens is 2. The van der Waals surface area contributed by atoms with Gasteiger partial charge in [-0.25, -0.2) is 8.78 Å². The first-order valence-corrected chi connectivity index (χ1v) is 8.89. The van der Waals surface area contributed by atoms with Gasteiger partial charge in [0.05, 0.1) is 10.7 Å². The number of anilines is 1. The number of hydrogen-bond donors (Lipinski definition) is 2. The molecule has 2 heterocycles. The van der Waals surface area contributed by atoms with Crippen molar-refractivity contribution < 1.29 is 18.5 Å². The van der Waals surface area contributed by atoms with Crippen LogP contribution in [-0.4, -0.2) is 27.5 Å². The molecule has 0 bridgehead atoms. The van der Waals surface area contributed by atoms with E-state index in [4.69, 9.17) is 10.4 Å². The average Bonchev–Trinajstić information content (AvgIpc) is 2.95. The van der Waals surface area contributed by atoms with Crippen LogP contribution in [0.1, 0.15) is 24.5 Å². The lowest BCUT2D eigenvalue weighted by Crippen LogP contribution is -2.40. The van der Waals surface area contributed by atoms with E-state index in [9.17, 15) is 13.8 Å². The number of nitrogen functional groups attached to an aromatic ring is 1. The molecule has 1 aromatic carbocycles. The van der Waals surface area contributed by atoms with Crippen molar-refractivity contribution >= 4 is 40.9 Å². The van der Waals surface area contributed by atoms with Crippen LogP contribution in [0, 0.1) is 11.6 Å². The molecule has 0 amide bonds. The molecule has 126 valence electrons. The standard InChI is InChI=1S/C14H14BF2N3O2S2/c1-3-6(2)10-11(17)8(16)4-7-5-9(15(21)22-12(7)10)23-14-20-19-13(18)24-14/h4,9,21H,2-3,5H2,1H3,(H2,18,19)/t9-/m0/s1. The van der Waals surface area contributed by atoms with Crippen LogP contribution in [0.25, 0.3) is 5.57 Å². The molecule has 10 heteroatoms. The van der Waals surface area contributed by atoms with Crippen LogP contribution >= 0.6 is 23.1 Å². The third kappa shape index (κ3) is 3.13. The lowest BCUT2D eigenvalue weighted by molar-refractivity contribution is 0.388. The predicted octanol–water partition coefficient (Wildman–Crippen LogP) is 2.94. The van der Waals surface area contributed by atoms with E-state index >= 15 is 0 Å². The summed E-state index contributed by atoms with van der Waals surface area (Å²) in [4.78, 5) is 0. The molecule has 24 heavy (non-hydrogen) atoms. The Morgan fingerprint density at radius 1 is 1.58 bits per heavy atom. The summed E-state index contributed by atoms with van der Waals surface area (Å²) in [7, 11) is -1.19. The Bertz CT molecular complexity index is 803. The molecule has 0 unspecified atom stereocenters. The molecule has 0 fully saturated rings. The smallest absolute Gasteiger partial charge is 0.535 e. The highest BCUT2D eigenvalue weighted by Crippen LogP contribution is 2.41. The number of rotatable bonds is 4. The zero-order valence-corrected chi connectivity index (χ0v) is 14.4.